The summed E-state index contributed by atoms with van der Waals surface area (Å²) in [5.41, 5.74) is -0.165. The molecule has 0 bridgehead atoms. The lowest BCUT2D eigenvalue weighted by atomic mass is 9.81. The van der Waals surface area contributed by atoms with E-state index in [-0.39, 0.29) is 49.4 Å². The maximum atomic E-state index is 13.5. The van der Waals surface area contributed by atoms with Crippen molar-refractivity contribution in [1.29, 1.82) is 0 Å². The predicted molar refractivity (Wildman–Crippen MR) is 142 cm³/mol. The third kappa shape index (κ3) is 6.44. The predicted octanol–water partition coefficient (Wildman–Crippen LogP) is 2.64. The second kappa shape index (κ2) is 12.6. The standard InChI is InChI=1S/C27H36N4O7S/c1-2-16-31-24(32)22(11-6-7-15-28-26(34)38-20-21-9-4-3-5-10-21)29-25(33)27(31)13-17-30(18-14-27)39(35,36)23-12-8-19-37-23/h3-5,8-10,12,19,22H,2,6-7,11,13-18,20H2,1H3,(H,28,34)(H,29,33)/t22-/m0/s1. The molecular weight excluding hydrogens is 524 g/mol. The largest absolute Gasteiger partial charge is 0.452 e. The van der Waals surface area contributed by atoms with Gasteiger partial charge in [-0.25, -0.2) is 13.2 Å². The molecule has 11 nitrogen and oxygen atoms in total. The molecule has 212 valence electrons. The number of carbonyl (C=O) groups excluding carboxylic acids is 3. The molecule has 2 saturated heterocycles. The van der Waals surface area contributed by atoms with Crippen molar-refractivity contribution < 1.29 is 32.0 Å². The number of carbonyl (C=O) groups is 3. The highest BCUT2D eigenvalue weighted by molar-refractivity contribution is 7.89. The first-order chi connectivity index (χ1) is 18.8. The van der Waals surface area contributed by atoms with Gasteiger partial charge >= 0.3 is 6.09 Å². The lowest BCUT2D eigenvalue weighted by Crippen LogP contribution is -2.73. The van der Waals surface area contributed by atoms with E-state index in [1.165, 1.54) is 22.7 Å². The fraction of sp³-hybridized carbons (Fsp3) is 0.519. The highest BCUT2D eigenvalue weighted by Crippen LogP contribution is 2.35. The number of hydrogen-bond donors (Lipinski definition) is 2. The van der Waals surface area contributed by atoms with Crippen molar-refractivity contribution in [3.8, 4) is 0 Å². The lowest BCUT2D eigenvalue weighted by Gasteiger charge is -2.51. The fourth-order valence-corrected chi connectivity index (χ4v) is 6.53. The van der Waals surface area contributed by atoms with Crippen LogP contribution in [0, 0.1) is 0 Å². The van der Waals surface area contributed by atoms with Crippen molar-refractivity contribution in [2.24, 2.45) is 0 Å². The zero-order chi connectivity index (χ0) is 27.9. The van der Waals surface area contributed by atoms with Gasteiger partial charge in [0.1, 0.15) is 18.2 Å². The first kappa shape index (κ1) is 28.6. The Morgan fingerprint density at radius 2 is 1.87 bits per heavy atom. The summed E-state index contributed by atoms with van der Waals surface area (Å²) >= 11 is 0. The van der Waals surface area contributed by atoms with E-state index in [0.29, 0.717) is 38.8 Å². The van der Waals surface area contributed by atoms with Crippen molar-refractivity contribution in [2.75, 3.05) is 26.2 Å². The number of unbranched alkanes of at least 4 members (excludes halogenated alkanes) is 1. The number of nitrogens with zero attached hydrogens (tertiary/aromatic N) is 2. The maximum absolute atomic E-state index is 13.5. The third-order valence-corrected chi connectivity index (χ3v) is 9.08. The maximum Gasteiger partial charge on any atom is 0.407 e. The van der Waals surface area contributed by atoms with Crippen molar-refractivity contribution in [3.63, 3.8) is 0 Å². The SMILES string of the molecule is CCCN1C(=O)[C@H](CCCCNC(=O)OCc2ccccc2)NC(=O)C12CCN(S(=O)(=O)c1ccco1)CC2. The molecule has 1 spiro atoms. The molecule has 3 heterocycles. The molecule has 39 heavy (non-hydrogen) atoms. The molecule has 0 radical (unpaired) electrons. The van der Waals surface area contributed by atoms with Crippen LogP contribution in [0.5, 0.6) is 0 Å². The van der Waals surface area contributed by atoms with Crippen molar-refractivity contribution in [1.82, 2.24) is 19.8 Å². The van der Waals surface area contributed by atoms with Crippen LogP contribution in [0.15, 0.2) is 58.2 Å². The average Bonchev–Trinajstić information content (AvgIpc) is 3.50. The Morgan fingerprint density at radius 3 is 2.54 bits per heavy atom. The Labute approximate surface area is 228 Å². The molecule has 1 atom stereocenters. The van der Waals surface area contributed by atoms with Crippen molar-refractivity contribution in [3.05, 3.63) is 54.3 Å². The van der Waals surface area contributed by atoms with Crippen LogP contribution in [0.2, 0.25) is 0 Å². The van der Waals surface area contributed by atoms with Crippen LogP contribution in [0.3, 0.4) is 0 Å². The number of hydrogen-bond acceptors (Lipinski definition) is 7. The van der Waals surface area contributed by atoms with E-state index in [1.54, 1.807) is 4.90 Å². The Balaban J connectivity index is 1.26. The summed E-state index contributed by atoms with van der Waals surface area (Å²) in [4.78, 5) is 40.4. The lowest BCUT2D eigenvalue weighted by molar-refractivity contribution is -0.160. The minimum Gasteiger partial charge on any atom is -0.452 e. The molecule has 0 unspecified atom stereocenters. The Morgan fingerprint density at radius 1 is 1.13 bits per heavy atom. The molecule has 12 heteroatoms. The Hall–Kier alpha value is -3.38. The van der Waals surface area contributed by atoms with Gasteiger partial charge in [-0.05, 0) is 56.2 Å². The molecule has 2 N–H and O–H groups in total. The number of piperidine rings is 1. The summed E-state index contributed by atoms with van der Waals surface area (Å²) in [5.74, 6) is -0.382. The fourth-order valence-electron chi connectivity index (χ4n) is 5.19. The van der Waals surface area contributed by atoms with E-state index < -0.39 is 27.7 Å². The normalized spacial score (nSPS) is 19.6. The molecule has 2 aliphatic heterocycles. The van der Waals surface area contributed by atoms with Crippen LogP contribution < -0.4 is 10.6 Å². The minimum atomic E-state index is -3.79. The Bertz CT molecular complexity index is 1230. The highest BCUT2D eigenvalue weighted by atomic mass is 32.2. The first-order valence-corrected chi connectivity index (χ1v) is 14.8. The average molecular weight is 561 g/mol. The summed E-state index contributed by atoms with van der Waals surface area (Å²) in [7, 11) is -3.79. The number of benzene rings is 1. The summed E-state index contributed by atoms with van der Waals surface area (Å²) in [6, 6.07) is 11.7. The smallest absolute Gasteiger partial charge is 0.407 e. The topological polar surface area (TPSA) is 138 Å². The van der Waals surface area contributed by atoms with E-state index in [9.17, 15) is 22.8 Å². The van der Waals surface area contributed by atoms with Crippen LogP contribution in [-0.2, 0) is 31.0 Å². The van der Waals surface area contributed by atoms with Crippen LogP contribution in [0.4, 0.5) is 4.79 Å². The van der Waals surface area contributed by atoms with Crippen LogP contribution in [0.1, 0.15) is 51.0 Å². The number of piperazine rings is 1. The van der Waals surface area contributed by atoms with E-state index >= 15 is 0 Å². The first-order valence-electron chi connectivity index (χ1n) is 13.4. The van der Waals surface area contributed by atoms with Gasteiger partial charge in [0.15, 0.2) is 0 Å². The second-order valence-corrected chi connectivity index (χ2v) is 11.7. The van der Waals surface area contributed by atoms with E-state index in [1.807, 2.05) is 37.3 Å². The molecule has 0 aliphatic carbocycles. The quantitative estimate of drug-likeness (QED) is 0.403. The number of furan rings is 1. The molecule has 2 fully saturated rings. The van der Waals surface area contributed by atoms with Gasteiger partial charge in [-0.3, -0.25) is 9.59 Å². The summed E-state index contributed by atoms with van der Waals surface area (Å²) in [6.45, 7) is 3.17. The number of ether oxygens (including phenoxy) is 1. The third-order valence-electron chi connectivity index (χ3n) is 7.30. The summed E-state index contributed by atoms with van der Waals surface area (Å²) in [5, 5.41) is 5.48. The van der Waals surface area contributed by atoms with E-state index in [4.69, 9.17) is 9.15 Å². The van der Waals surface area contributed by atoms with Gasteiger partial charge in [-0.15, -0.1) is 0 Å². The second-order valence-electron chi connectivity index (χ2n) is 9.87. The molecular formula is C27H36N4O7S. The molecule has 0 saturated carbocycles. The van der Waals surface area contributed by atoms with Gasteiger partial charge in [0, 0.05) is 26.2 Å². The van der Waals surface area contributed by atoms with Crippen molar-refractivity contribution >= 4 is 27.9 Å². The molecule has 2 aromatic rings. The van der Waals surface area contributed by atoms with Gasteiger partial charge in [-0.2, -0.15) is 4.31 Å². The van der Waals surface area contributed by atoms with Crippen LogP contribution in [0.25, 0.3) is 0 Å². The van der Waals surface area contributed by atoms with Crippen LogP contribution >= 0.6 is 0 Å². The van der Waals surface area contributed by atoms with E-state index in [0.717, 1.165) is 5.56 Å². The molecule has 1 aromatic carbocycles. The monoisotopic (exact) mass is 560 g/mol. The number of rotatable bonds is 11. The number of sulfonamides is 1. The number of alkyl carbamates (subject to hydrolysis) is 1. The summed E-state index contributed by atoms with van der Waals surface area (Å²) in [6.07, 6.45) is 3.60. The number of amides is 3. The molecule has 1 aromatic heterocycles. The number of nitrogens with one attached hydrogen (secondary N) is 2. The summed E-state index contributed by atoms with van der Waals surface area (Å²) < 4.78 is 37.3. The van der Waals surface area contributed by atoms with E-state index in [2.05, 4.69) is 10.6 Å². The molecule has 4 rings (SSSR count). The minimum absolute atomic E-state index is 0.112. The van der Waals surface area contributed by atoms with Gasteiger partial charge in [0.2, 0.25) is 16.9 Å². The van der Waals surface area contributed by atoms with Gasteiger partial charge in [-0.1, -0.05) is 37.3 Å². The van der Waals surface area contributed by atoms with Gasteiger partial charge in [0.25, 0.3) is 10.0 Å². The zero-order valence-corrected chi connectivity index (χ0v) is 23.0. The molecule has 3 amide bonds. The Kier molecular flexibility index (Phi) is 9.28. The highest BCUT2D eigenvalue weighted by Gasteiger charge is 2.54. The molecule has 2 aliphatic rings. The van der Waals surface area contributed by atoms with Crippen molar-refractivity contribution in [2.45, 2.75) is 68.7 Å². The van der Waals surface area contributed by atoms with Gasteiger partial charge in [0.05, 0.1) is 6.26 Å². The zero-order valence-electron chi connectivity index (χ0n) is 22.1. The van der Waals surface area contributed by atoms with Gasteiger partial charge < -0.3 is 24.7 Å². The van der Waals surface area contributed by atoms with Crippen LogP contribution in [-0.4, -0.2) is 73.3 Å².